The number of para-hydroxylation sites is 1. The molecule has 0 spiro atoms. The Hall–Kier alpha value is -5.36. The lowest BCUT2D eigenvalue weighted by atomic mass is 10.0. The number of nitrogens with zero attached hydrogens (tertiary/aromatic N) is 3. The fourth-order valence-corrected chi connectivity index (χ4v) is 9.02. The van der Waals surface area contributed by atoms with Gasteiger partial charge in [0, 0.05) is 52.0 Å². The van der Waals surface area contributed by atoms with E-state index in [9.17, 15) is 0 Å². The summed E-state index contributed by atoms with van der Waals surface area (Å²) >= 11 is 3.58. The average Bonchev–Trinajstić information content (AvgIpc) is 3.77. The van der Waals surface area contributed by atoms with Gasteiger partial charge in [0.05, 0.1) is 16.7 Å². The van der Waals surface area contributed by atoms with E-state index in [1.807, 2.05) is 11.3 Å². The van der Waals surface area contributed by atoms with Crippen molar-refractivity contribution in [3.8, 4) is 28.3 Å². The minimum atomic E-state index is 0.699. The van der Waals surface area contributed by atoms with Crippen molar-refractivity contribution in [3.05, 3.63) is 140 Å². The van der Waals surface area contributed by atoms with E-state index in [1.54, 1.807) is 11.3 Å². The molecule has 4 heterocycles. The van der Waals surface area contributed by atoms with Crippen LogP contribution in [-0.2, 0) is 0 Å². The van der Waals surface area contributed by atoms with E-state index in [-0.39, 0.29) is 0 Å². The normalized spacial score (nSPS) is 12.0. The van der Waals surface area contributed by atoms with Crippen LogP contribution >= 0.6 is 22.7 Å². The summed E-state index contributed by atoms with van der Waals surface area (Å²) in [7, 11) is 0. The van der Waals surface area contributed by atoms with Gasteiger partial charge in [-0.25, -0.2) is 9.97 Å². The molecule has 5 heteroatoms. The molecule has 10 rings (SSSR count). The van der Waals surface area contributed by atoms with Crippen LogP contribution in [0.3, 0.4) is 0 Å². The van der Waals surface area contributed by atoms with Gasteiger partial charge >= 0.3 is 0 Å². The molecule has 0 aliphatic carbocycles. The van der Waals surface area contributed by atoms with Crippen molar-refractivity contribution in [2.75, 3.05) is 0 Å². The molecule has 0 bridgehead atoms. The first-order valence-electron chi connectivity index (χ1n) is 15.0. The van der Waals surface area contributed by atoms with Crippen LogP contribution < -0.4 is 0 Å². The number of rotatable bonds is 3. The van der Waals surface area contributed by atoms with Crippen molar-refractivity contribution < 1.29 is 0 Å². The maximum absolute atomic E-state index is 5.47. The third-order valence-electron chi connectivity index (χ3n) is 8.87. The molecule has 6 aromatic carbocycles. The Morgan fingerprint density at radius 1 is 0.422 bits per heavy atom. The van der Waals surface area contributed by atoms with Crippen LogP contribution in [0.4, 0.5) is 0 Å². The molecule has 45 heavy (non-hydrogen) atoms. The standard InChI is InChI=1S/C40H23N3S2/c1-2-10-24(11-3-1)25-18-20-26(21-19-25)37-36-30-14-6-9-17-33(30)45-39(36)42-40(41-37)43-31-15-7-4-12-27(31)28-22-23-34-35(38(28)43)29-13-5-8-16-32(29)44-34/h1-23H. The first-order valence-corrected chi connectivity index (χ1v) is 16.6. The average molecular weight is 610 g/mol. The van der Waals surface area contributed by atoms with Crippen LogP contribution in [0.25, 0.3) is 90.6 Å². The topological polar surface area (TPSA) is 30.7 Å². The Bertz CT molecular complexity index is 2750. The Morgan fingerprint density at radius 2 is 1.04 bits per heavy atom. The lowest BCUT2D eigenvalue weighted by Crippen LogP contribution is -2.03. The number of hydrogen-bond acceptors (Lipinski definition) is 4. The molecule has 0 unspecified atom stereocenters. The Kier molecular flexibility index (Phi) is 5.32. The maximum atomic E-state index is 5.47. The van der Waals surface area contributed by atoms with Gasteiger partial charge < -0.3 is 0 Å². The molecule has 4 aromatic heterocycles. The van der Waals surface area contributed by atoms with E-state index in [1.165, 1.54) is 52.2 Å². The quantitative estimate of drug-likeness (QED) is 0.199. The lowest BCUT2D eigenvalue weighted by molar-refractivity contribution is 1.02. The molecular weight excluding hydrogens is 587 g/mol. The summed E-state index contributed by atoms with van der Waals surface area (Å²) in [4.78, 5) is 11.8. The summed E-state index contributed by atoms with van der Waals surface area (Å²) < 4.78 is 6.08. The van der Waals surface area contributed by atoms with E-state index in [0.29, 0.717) is 5.95 Å². The number of hydrogen-bond donors (Lipinski definition) is 0. The SMILES string of the molecule is c1ccc(-c2ccc(-c3nc(-n4c5ccccc5c5ccc6sc7ccccc7c6c54)nc4sc5ccccc5c34)cc2)cc1. The number of benzene rings is 6. The predicted octanol–water partition coefficient (Wildman–Crippen LogP) is 11.6. The number of aromatic nitrogens is 3. The van der Waals surface area contributed by atoms with Crippen LogP contribution in [0.1, 0.15) is 0 Å². The van der Waals surface area contributed by atoms with Crippen LogP contribution in [0.15, 0.2) is 140 Å². The molecular formula is C40H23N3S2. The van der Waals surface area contributed by atoms with Crippen LogP contribution in [0.5, 0.6) is 0 Å². The van der Waals surface area contributed by atoms with Crippen molar-refractivity contribution in [3.63, 3.8) is 0 Å². The smallest absolute Gasteiger partial charge is 0.236 e. The molecule has 0 saturated carbocycles. The van der Waals surface area contributed by atoms with Crippen molar-refractivity contribution in [2.45, 2.75) is 0 Å². The van der Waals surface area contributed by atoms with E-state index in [4.69, 9.17) is 9.97 Å². The molecule has 0 amide bonds. The number of thiophene rings is 2. The molecule has 0 aliphatic heterocycles. The van der Waals surface area contributed by atoms with E-state index in [0.717, 1.165) is 32.5 Å². The first-order chi connectivity index (χ1) is 22.3. The summed E-state index contributed by atoms with van der Waals surface area (Å²) in [5, 5.41) is 7.26. The number of fused-ring (bicyclic) bond motifs is 10. The second-order valence-corrected chi connectivity index (χ2v) is 13.5. The van der Waals surface area contributed by atoms with Crippen molar-refractivity contribution >= 4 is 85.0 Å². The van der Waals surface area contributed by atoms with Crippen LogP contribution in [-0.4, -0.2) is 14.5 Å². The van der Waals surface area contributed by atoms with Gasteiger partial charge in [0.2, 0.25) is 5.95 Å². The van der Waals surface area contributed by atoms with Gasteiger partial charge in [0.25, 0.3) is 0 Å². The van der Waals surface area contributed by atoms with Gasteiger partial charge in [-0.05, 0) is 35.4 Å². The highest BCUT2D eigenvalue weighted by atomic mass is 32.1. The molecule has 10 aromatic rings. The Balaban J connectivity index is 1.32. The zero-order chi connectivity index (χ0) is 29.5. The molecule has 0 fully saturated rings. The van der Waals surface area contributed by atoms with Crippen LogP contribution in [0.2, 0.25) is 0 Å². The first kappa shape index (κ1) is 25.0. The van der Waals surface area contributed by atoms with E-state index >= 15 is 0 Å². The van der Waals surface area contributed by atoms with Crippen LogP contribution in [0, 0.1) is 0 Å². The van der Waals surface area contributed by atoms with Gasteiger partial charge in [-0.2, -0.15) is 0 Å². The third-order valence-corrected chi connectivity index (χ3v) is 11.1. The molecule has 3 nitrogen and oxygen atoms in total. The Morgan fingerprint density at radius 3 is 1.84 bits per heavy atom. The fourth-order valence-electron chi connectivity index (χ4n) is 6.84. The van der Waals surface area contributed by atoms with Crippen molar-refractivity contribution in [2.24, 2.45) is 0 Å². The third kappa shape index (κ3) is 3.69. The summed E-state index contributed by atoms with van der Waals surface area (Å²) in [6.07, 6.45) is 0. The predicted molar refractivity (Wildman–Crippen MR) is 193 cm³/mol. The van der Waals surface area contributed by atoms with Crippen molar-refractivity contribution in [1.29, 1.82) is 0 Å². The van der Waals surface area contributed by atoms with Gasteiger partial charge in [0.15, 0.2) is 0 Å². The highest BCUT2D eigenvalue weighted by molar-refractivity contribution is 7.26. The summed E-state index contributed by atoms with van der Waals surface area (Å²) in [5.41, 5.74) is 6.71. The monoisotopic (exact) mass is 609 g/mol. The largest absolute Gasteiger partial charge is 0.277 e. The molecule has 210 valence electrons. The van der Waals surface area contributed by atoms with Gasteiger partial charge in [-0.1, -0.05) is 115 Å². The highest BCUT2D eigenvalue weighted by Crippen LogP contribution is 2.44. The van der Waals surface area contributed by atoms with E-state index in [2.05, 4.69) is 144 Å². The minimum absolute atomic E-state index is 0.699. The zero-order valence-electron chi connectivity index (χ0n) is 23.9. The summed E-state index contributed by atoms with van der Waals surface area (Å²) in [6, 6.07) is 49.8. The molecule has 0 N–H and O–H groups in total. The fraction of sp³-hybridized carbons (Fsp3) is 0. The van der Waals surface area contributed by atoms with Gasteiger partial charge in [-0.15, -0.1) is 22.7 Å². The zero-order valence-corrected chi connectivity index (χ0v) is 25.6. The Labute approximate surface area is 266 Å². The maximum Gasteiger partial charge on any atom is 0.236 e. The summed E-state index contributed by atoms with van der Waals surface area (Å²) in [5.74, 6) is 0.699. The highest BCUT2D eigenvalue weighted by Gasteiger charge is 2.22. The second-order valence-electron chi connectivity index (χ2n) is 11.4. The molecule has 0 radical (unpaired) electrons. The molecule has 0 saturated heterocycles. The van der Waals surface area contributed by atoms with Crippen molar-refractivity contribution in [1.82, 2.24) is 14.5 Å². The minimum Gasteiger partial charge on any atom is -0.277 e. The molecule has 0 atom stereocenters. The van der Waals surface area contributed by atoms with Gasteiger partial charge in [0.1, 0.15) is 4.83 Å². The second kappa shape index (κ2) is 9.57. The lowest BCUT2D eigenvalue weighted by Gasteiger charge is -2.11. The van der Waals surface area contributed by atoms with Gasteiger partial charge in [-0.3, -0.25) is 4.57 Å². The van der Waals surface area contributed by atoms with E-state index < -0.39 is 0 Å². The summed E-state index contributed by atoms with van der Waals surface area (Å²) in [6.45, 7) is 0. The molecule has 0 aliphatic rings.